The van der Waals surface area contributed by atoms with Gasteiger partial charge in [-0.15, -0.1) is 0 Å². The number of carbonyl (C=O) groups excluding carboxylic acids is 1. The first-order chi connectivity index (χ1) is 10.9. The number of carbonyl (C=O) groups is 1. The maximum Gasteiger partial charge on any atom is 0.401 e. The summed E-state index contributed by atoms with van der Waals surface area (Å²) in [6.45, 7) is 0.554. The van der Waals surface area contributed by atoms with Crippen molar-refractivity contribution >= 4 is 11.6 Å². The van der Waals surface area contributed by atoms with Crippen LogP contribution in [0.1, 0.15) is 5.56 Å². The molecule has 0 atom stereocenters. The topological polar surface area (TPSA) is 59.4 Å². The minimum atomic E-state index is -4.19. The third-order valence-electron chi connectivity index (χ3n) is 3.56. The zero-order chi connectivity index (χ0) is 16.9. The second-order valence-electron chi connectivity index (χ2n) is 5.37. The van der Waals surface area contributed by atoms with E-state index in [0.29, 0.717) is 24.3 Å². The number of nitrogens with zero attached hydrogens (tertiary/aromatic N) is 3. The van der Waals surface area contributed by atoms with E-state index in [4.69, 9.17) is 5.26 Å². The molecule has 23 heavy (non-hydrogen) atoms. The molecule has 2 rings (SSSR count). The van der Waals surface area contributed by atoms with Crippen molar-refractivity contribution in [2.24, 2.45) is 0 Å². The van der Waals surface area contributed by atoms with Crippen LogP contribution >= 0.6 is 0 Å². The van der Waals surface area contributed by atoms with Crippen molar-refractivity contribution in [2.45, 2.75) is 6.18 Å². The highest BCUT2D eigenvalue weighted by molar-refractivity contribution is 5.93. The van der Waals surface area contributed by atoms with Gasteiger partial charge in [-0.25, -0.2) is 0 Å². The number of piperazine rings is 1. The van der Waals surface area contributed by atoms with Gasteiger partial charge in [0.05, 0.1) is 24.3 Å². The van der Waals surface area contributed by atoms with Crippen molar-refractivity contribution < 1.29 is 18.0 Å². The summed E-state index contributed by atoms with van der Waals surface area (Å²) in [5.74, 6) is -0.281. The average Bonchev–Trinajstić information content (AvgIpc) is 2.48. The first-order valence-electron chi connectivity index (χ1n) is 7.18. The molecule has 1 aromatic carbocycles. The normalized spacial score (nSPS) is 16.8. The van der Waals surface area contributed by atoms with Gasteiger partial charge in [0.15, 0.2) is 0 Å². The van der Waals surface area contributed by atoms with Crippen molar-refractivity contribution in [3.63, 3.8) is 0 Å². The molecule has 8 heteroatoms. The molecule has 1 fully saturated rings. The Morgan fingerprint density at radius 3 is 2.39 bits per heavy atom. The van der Waals surface area contributed by atoms with Crippen LogP contribution in [-0.2, 0) is 4.79 Å². The zero-order valence-electron chi connectivity index (χ0n) is 12.4. The molecule has 1 aliphatic heterocycles. The summed E-state index contributed by atoms with van der Waals surface area (Å²) in [7, 11) is 0. The average molecular weight is 326 g/mol. The van der Waals surface area contributed by atoms with E-state index in [1.165, 1.54) is 4.90 Å². The number of alkyl halides is 3. The predicted molar refractivity (Wildman–Crippen MR) is 78.7 cm³/mol. The van der Waals surface area contributed by atoms with E-state index in [1.54, 1.807) is 29.2 Å². The molecule has 0 saturated carbocycles. The summed E-state index contributed by atoms with van der Waals surface area (Å²) in [4.78, 5) is 15.1. The highest BCUT2D eigenvalue weighted by atomic mass is 19.4. The monoisotopic (exact) mass is 326 g/mol. The molecule has 0 bridgehead atoms. The van der Waals surface area contributed by atoms with Crippen LogP contribution in [-0.4, -0.2) is 61.2 Å². The van der Waals surface area contributed by atoms with Gasteiger partial charge in [-0.3, -0.25) is 14.6 Å². The number of amides is 1. The Bertz CT molecular complexity index is 589. The van der Waals surface area contributed by atoms with Gasteiger partial charge in [0.1, 0.15) is 6.07 Å². The van der Waals surface area contributed by atoms with E-state index in [9.17, 15) is 18.0 Å². The number of para-hydroxylation sites is 1. The third kappa shape index (κ3) is 5.54. The zero-order valence-corrected chi connectivity index (χ0v) is 12.4. The van der Waals surface area contributed by atoms with Gasteiger partial charge >= 0.3 is 6.18 Å². The van der Waals surface area contributed by atoms with Crippen LogP contribution in [0.4, 0.5) is 18.9 Å². The Labute approximate surface area is 132 Å². The minimum absolute atomic E-state index is 0.0968. The van der Waals surface area contributed by atoms with Crippen molar-refractivity contribution in [2.75, 3.05) is 44.6 Å². The number of nitrogens with one attached hydrogen (secondary N) is 1. The number of nitriles is 1. The Kier molecular flexibility index (Phi) is 5.58. The van der Waals surface area contributed by atoms with E-state index in [2.05, 4.69) is 5.32 Å². The Balaban J connectivity index is 1.80. The Hall–Kier alpha value is -2.11. The van der Waals surface area contributed by atoms with Gasteiger partial charge in [0, 0.05) is 26.2 Å². The summed E-state index contributed by atoms with van der Waals surface area (Å²) < 4.78 is 36.9. The lowest BCUT2D eigenvalue weighted by molar-refractivity contribution is -0.149. The van der Waals surface area contributed by atoms with Gasteiger partial charge in [-0.2, -0.15) is 18.4 Å². The van der Waals surface area contributed by atoms with Crippen LogP contribution in [0.3, 0.4) is 0 Å². The smallest absolute Gasteiger partial charge is 0.324 e. The molecule has 0 aromatic heterocycles. The molecular weight excluding hydrogens is 309 g/mol. The lowest BCUT2D eigenvalue weighted by Gasteiger charge is -2.34. The van der Waals surface area contributed by atoms with Crippen LogP contribution in [0.5, 0.6) is 0 Å². The molecule has 124 valence electrons. The maximum absolute atomic E-state index is 12.3. The summed E-state index contributed by atoms with van der Waals surface area (Å²) >= 11 is 0. The molecule has 1 saturated heterocycles. The van der Waals surface area contributed by atoms with E-state index in [1.807, 2.05) is 6.07 Å². The number of halogens is 3. The number of hydrogen-bond acceptors (Lipinski definition) is 4. The fraction of sp³-hybridized carbons (Fsp3) is 0.467. The van der Waals surface area contributed by atoms with Crippen LogP contribution in [0, 0.1) is 11.3 Å². The van der Waals surface area contributed by atoms with Crippen LogP contribution < -0.4 is 5.32 Å². The van der Waals surface area contributed by atoms with Gasteiger partial charge < -0.3 is 5.32 Å². The first kappa shape index (κ1) is 17.2. The lowest BCUT2D eigenvalue weighted by Crippen LogP contribution is -2.50. The molecule has 1 aliphatic rings. The number of anilines is 1. The molecule has 0 aliphatic carbocycles. The van der Waals surface area contributed by atoms with Crippen molar-refractivity contribution in [3.8, 4) is 6.07 Å². The number of hydrogen-bond donors (Lipinski definition) is 1. The summed E-state index contributed by atoms with van der Waals surface area (Å²) in [5, 5.41) is 11.6. The largest absolute Gasteiger partial charge is 0.401 e. The lowest BCUT2D eigenvalue weighted by atomic mass is 10.2. The van der Waals surface area contributed by atoms with Crippen molar-refractivity contribution in [1.82, 2.24) is 9.80 Å². The van der Waals surface area contributed by atoms with Crippen LogP contribution in [0.15, 0.2) is 24.3 Å². The molecule has 0 spiro atoms. The van der Waals surface area contributed by atoms with Crippen molar-refractivity contribution in [3.05, 3.63) is 29.8 Å². The Morgan fingerprint density at radius 1 is 1.17 bits per heavy atom. The fourth-order valence-electron chi connectivity index (χ4n) is 2.44. The number of rotatable bonds is 4. The third-order valence-corrected chi connectivity index (χ3v) is 3.56. The van der Waals surface area contributed by atoms with E-state index >= 15 is 0 Å². The summed E-state index contributed by atoms with van der Waals surface area (Å²) in [6, 6.07) is 8.65. The standard InChI is InChI=1S/C15H17F3N4O/c16-15(17,18)11-22-7-5-21(6-8-22)10-14(23)20-13-4-2-1-3-12(13)9-19/h1-4H,5-8,10-11H2,(H,20,23). The van der Waals surface area contributed by atoms with Gasteiger partial charge in [0.2, 0.25) is 5.91 Å². The summed E-state index contributed by atoms with van der Waals surface area (Å²) in [5.41, 5.74) is 0.812. The molecule has 1 amide bonds. The minimum Gasteiger partial charge on any atom is -0.324 e. The van der Waals surface area contributed by atoms with Crippen molar-refractivity contribution in [1.29, 1.82) is 5.26 Å². The second kappa shape index (κ2) is 7.44. The molecule has 1 heterocycles. The van der Waals surface area contributed by atoms with E-state index in [0.717, 1.165) is 0 Å². The highest BCUT2D eigenvalue weighted by Gasteiger charge is 2.32. The maximum atomic E-state index is 12.3. The van der Waals surface area contributed by atoms with Gasteiger partial charge in [0.25, 0.3) is 0 Å². The molecule has 1 aromatic rings. The molecular formula is C15H17F3N4O. The van der Waals surface area contributed by atoms with Crippen LogP contribution in [0.25, 0.3) is 0 Å². The number of benzene rings is 1. The quantitative estimate of drug-likeness (QED) is 0.914. The molecule has 1 N–H and O–H groups in total. The predicted octanol–water partition coefficient (Wildman–Crippen LogP) is 1.68. The van der Waals surface area contributed by atoms with Gasteiger partial charge in [-0.05, 0) is 12.1 Å². The fourth-order valence-corrected chi connectivity index (χ4v) is 2.44. The SMILES string of the molecule is N#Cc1ccccc1NC(=O)CN1CCN(CC(F)(F)F)CC1. The molecule has 0 unspecified atom stereocenters. The molecule has 5 nitrogen and oxygen atoms in total. The summed E-state index contributed by atoms with van der Waals surface area (Å²) in [6.07, 6.45) is -4.19. The molecule has 0 radical (unpaired) electrons. The van der Waals surface area contributed by atoms with Gasteiger partial charge in [-0.1, -0.05) is 12.1 Å². The van der Waals surface area contributed by atoms with E-state index in [-0.39, 0.29) is 25.5 Å². The first-order valence-corrected chi connectivity index (χ1v) is 7.18. The second-order valence-corrected chi connectivity index (χ2v) is 5.37. The highest BCUT2D eigenvalue weighted by Crippen LogP contribution is 2.17. The van der Waals surface area contributed by atoms with Crippen LogP contribution in [0.2, 0.25) is 0 Å². The Morgan fingerprint density at radius 2 is 1.78 bits per heavy atom. The van der Waals surface area contributed by atoms with E-state index < -0.39 is 12.7 Å².